The fourth-order valence-corrected chi connectivity index (χ4v) is 6.27. The second-order valence-corrected chi connectivity index (χ2v) is 13.2. The first-order valence-electron chi connectivity index (χ1n) is 15.7. The number of rotatable bonds is 17. The van der Waals surface area contributed by atoms with Gasteiger partial charge in [0.15, 0.2) is 25.0 Å². The molecule has 3 saturated heterocycles. The van der Waals surface area contributed by atoms with Crippen molar-refractivity contribution in [3.8, 4) is 0 Å². The summed E-state index contributed by atoms with van der Waals surface area (Å²) in [5.74, 6) is -2.69. The monoisotopic (exact) mass is 803 g/mol. The molecule has 27 heteroatoms. The number of carboxylic acid groups (broad SMARTS) is 1. The van der Waals surface area contributed by atoms with Gasteiger partial charge >= 0.3 is 16.4 Å². The van der Waals surface area contributed by atoms with E-state index in [0.717, 1.165) is 6.92 Å². The van der Waals surface area contributed by atoms with Gasteiger partial charge in [0.2, 0.25) is 5.91 Å². The Morgan fingerprint density at radius 3 is 1.77 bits per heavy atom. The van der Waals surface area contributed by atoms with Crippen LogP contribution in [0, 0.1) is 0 Å². The topological polar surface area (TPSA) is 428 Å². The number of carboxylic acids is 1. The van der Waals surface area contributed by atoms with Crippen LogP contribution in [0.1, 0.15) is 6.92 Å². The van der Waals surface area contributed by atoms with Gasteiger partial charge in [0.1, 0.15) is 85.5 Å². The first-order chi connectivity index (χ1) is 24.7. The Hall–Kier alpha value is -1.91. The molecule has 0 radical (unpaired) electrons. The highest BCUT2D eigenvalue weighted by Gasteiger charge is 2.56. The van der Waals surface area contributed by atoms with Gasteiger partial charge in [-0.1, -0.05) is 0 Å². The van der Waals surface area contributed by atoms with Crippen LogP contribution < -0.4 is 5.32 Å². The molecule has 3 rings (SSSR count). The Morgan fingerprint density at radius 2 is 1.26 bits per heavy atom. The molecular weight excluding hydrogens is 758 g/mol. The number of amides is 1. The number of aliphatic hydroxyl groups excluding tert-OH is 12. The van der Waals surface area contributed by atoms with Gasteiger partial charge in [0, 0.05) is 6.92 Å². The lowest BCUT2D eigenvalue weighted by atomic mass is 9.95. The number of carbonyl (C=O) groups excluding carboxylic acids is 1. The predicted octanol–water partition coefficient (Wildman–Crippen LogP) is -10.0. The second kappa shape index (κ2) is 19.3. The number of carbonyl (C=O) groups is 2. The summed E-state index contributed by atoms with van der Waals surface area (Å²) in [5, 5.41) is 136. The lowest BCUT2D eigenvalue weighted by molar-refractivity contribution is -0.381. The highest BCUT2D eigenvalue weighted by atomic mass is 32.3. The van der Waals surface area contributed by atoms with Crippen molar-refractivity contribution in [1.82, 2.24) is 5.32 Å². The smallest absolute Gasteiger partial charge is 0.397 e. The van der Waals surface area contributed by atoms with Gasteiger partial charge in [-0.05, 0) is 0 Å². The second-order valence-electron chi connectivity index (χ2n) is 12.2. The number of hydrogen-bond acceptors (Lipinski definition) is 23. The van der Waals surface area contributed by atoms with Gasteiger partial charge in [0.25, 0.3) is 0 Å². The molecular formula is C26H45NO25S. The lowest BCUT2D eigenvalue weighted by Crippen LogP contribution is -2.67. The Balaban J connectivity index is 1.86. The molecule has 0 saturated carbocycles. The van der Waals surface area contributed by atoms with E-state index in [0.29, 0.717) is 0 Å². The van der Waals surface area contributed by atoms with Crippen molar-refractivity contribution in [3.05, 3.63) is 0 Å². The fraction of sp³-hybridized carbons (Fsp3) is 0.923. The van der Waals surface area contributed by atoms with Crippen LogP contribution >= 0.6 is 0 Å². The maximum Gasteiger partial charge on any atom is 0.397 e. The summed E-state index contributed by atoms with van der Waals surface area (Å²) in [4.78, 5) is 23.4. The number of aliphatic carboxylic acids is 1. The zero-order valence-corrected chi connectivity index (χ0v) is 28.3. The third-order valence-corrected chi connectivity index (χ3v) is 8.90. The summed E-state index contributed by atoms with van der Waals surface area (Å²) in [6.45, 7) is -3.03. The van der Waals surface area contributed by atoms with Crippen LogP contribution in [-0.2, 0) is 52.6 Å². The molecule has 15 N–H and O–H groups in total. The summed E-state index contributed by atoms with van der Waals surface area (Å²) in [6.07, 6.45) is -38.3. The Labute approximate surface area is 299 Å². The van der Waals surface area contributed by atoms with Crippen LogP contribution in [0.4, 0.5) is 0 Å². The molecule has 53 heavy (non-hydrogen) atoms. The summed E-state index contributed by atoms with van der Waals surface area (Å²) in [6, 6.07) is -1.50. The molecule has 26 nitrogen and oxygen atoms in total. The molecule has 0 spiro atoms. The van der Waals surface area contributed by atoms with Crippen LogP contribution in [0.5, 0.6) is 0 Å². The molecule has 0 aromatic carbocycles. The van der Waals surface area contributed by atoms with Crippen molar-refractivity contribution in [2.24, 2.45) is 0 Å². The Bertz CT molecular complexity index is 1290. The zero-order chi connectivity index (χ0) is 40.1. The average Bonchev–Trinajstić information content (AvgIpc) is 3.09. The molecule has 3 heterocycles. The van der Waals surface area contributed by atoms with Crippen molar-refractivity contribution >= 4 is 22.3 Å². The summed E-state index contributed by atoms with van der Waals surface area (Å²) < 4.78 is 68.2. The highest BCUT2D eigenvalue weighted by Crippen LogP contribution is 2.34. The van der Waals surface area contributed by atoms with Gasteiger partial charge < -0.3 is 100 Å². The van der Waals surface area contributed by atoms with Crippen LogP contribution in [0.25, 0.3) is 0 Å². The fourth-order valence-electron chi connectivity index (χ4n) is 5.76. The minimum absolute atomic E-state index is 0.745. The van der Waals surface area contributed by atoms with Crippen molar-refractivity contribution in [3.63, 3.8) is 0 Å². The normalized spacial score (nSPS) is 40.5. The lowest BCUT2D eigenvalue weighted by Gasteiger charge is -2.48. The van der Waals surface area contributed by atoms with Crippen LogP contribution in [-0.4, -0.2) is 234 Å². The third-order valence-electron chi connectivity index (χ3n) is 8.44. The SMILES string of the molecule is CC(=O)N[C@@H](CO)[C@@H](O[C@@H]1O[C@H](CO)[C@H](O[C@@H]2O[C@H](CO)[C@H](O)[C@H](O[C@@H]3O[C@H](C(=O)O)[C@@H](O)[C@H](OS(=O)(=O)O)[C@H]3O)[C@H]2O)[C@H](O)[C@H]1O)[C@@H](O)[C@H](O)CO. The molecule has 3 aliphatic rings. The summed E-state index contributed by atoms with van der Waals surface area (Å²) in [5.41, 5.74) is 0. The van der Waals surface area contributed by atoms with E-state index in [1.54, 1.807) is 0 Å². The molecule has 3 aliphatic heterocycles. The van der Waals surface area contributed by atoms with Gasteiger partial charge in [0.05, 0.1) is 32.5 Å². The van der Waals surface area contributed by atoms with E-state index in [1.807, 2.05) is 0 Å². The number of hydrogen-bond donors (Lipinski definition) is 15. The molecule has 0 aromatic rings. The maximum absolute atomic E-state index is 11.7. The molecule has 0 aromatic heterocycles. The predicted molar refractivity (Wildman–Crippen MR) is 159 cm³/mol. The van der Waals surface area contributed by atoms with E-state index in [1.165, 1.54) is 0 Å². The average molecular weight is 804 g/mol. The van der Waals surface area contributed by atoms with Crippen molar-refractivity contribution in [2.45, 2.75) is 123 Å². The standard InChI is InChI=1S/C26H45NO25S/c1-6(32)27-7(2-28)18(11(34)8(33)3-29)48-24-14(37)13(36)19(10(5-31)47-24)49-25-16(39)20(12(35)9(4-30)46-25)50-26-17(40)21(52-53(43,44)45)15(38)22(51-26)23(41)42/h7-22,24-26,28-31,33-40H,2-5H2,1H3,(H,27,32)(H,41,42)(H,43,44,45)/t7-,8+,9+,10+,11-,12-,13+,14+,15-,16+,17+,18+,19-,20-,21-,22-,24-,25-,26+/m0/s1. The van der Waals surface area contributed by atoms with Crippen molar-refractivity contribution in [2.75, 3.05) is 26.4 Å². The van der Waals surface area contributed by atoms with Crippen LogP contribution in [0.2, 0.25) is 0 Å². The first kappa shape index (κ1) is 45.5. The molecule has 0 bridgehead atoms. The molecule has 0 unspecified atom stereocenters. The van der Waals surface area contributed by atoms with Crippen molar-refractivity contribution < 1.29 is 122 Å². The van der Waals surface area contributed by atoms with Crippen molar-refractivity contribution in [1.29, 1.82) is 0 Å². The molecule has 310 valence electrons. The molecule has 0 aliphatic carbocycles. The molecule has 3 fully saturated rings. The van der Waals surface area contributed by atoms with E-state index in [2.05, 4.69) is 9.50 Å². The van der Waals surface area contributed by atoms with E-state index < -0.39 is 165 Å². The van der Waals surface area contributed by atoms with Gasteiger partial charge in [-0.2, -0.15) is 8.42 Å². The number of aliphatic hydroxyl groups is 12. The largest absolute Gasteiger partial charge is 0.479 e. The van der Waals surface area contributed by atoms with E-state index >= 15 is 0 Å². The first-order valence-corrected chi connectivity index (χ1v) is 17.0. The summed E-state index contributed by atoms with van der Waals surface area (Å²) in [7, 11) is -5.45. The van der Waals surface area contributed by atoms with Gasteiger partial charge in [-0.3, -0.25) is 9.35 Å². The van der Waals surface area contributed by atoms with E-state index in [9.17, 15) is 84.4 Å². The minimum atomic E-state index is -5.45. The molecule has 1 amide bonds. The zero-order valence-electron chi connectivity index (χ0n) is 27.5. The van der Waals surface area contributed by atoms with E-state index in [-0.39, 0.29) is 0 Å². The number of nitrogens with one attached hydrogen (secondary N) is 1. The third kappa shape index (κ3) is 10.9. The summed E-state index contributed by atoms with van der Waals surface area (Å²) >= 11 is 0. The van der Waals surface area contributed by atoms with Gasteiger partial charge in [-0.15, -0.1) is 0 Å². The van der Waals surface area contributed by atoms with Crippen LogP contribution in [0.15, 0.2) is 0 Å². The van der Waals surface area contributed by atoms with E-state index in [4.69, 9.17) is 33.0 Å². The minimum Gasteiger partial charge on any atom is -0.479 e. The number of ether oxygens (including phenoxy) is 6. The Morgan fingerprint density at radius 1 is 0.717 bits per heavy atom. The van der Waals surface area contributed by atoms with Gasteiger partial charge in [-0.25, -0.2) is 8.98 Å². The quantitative estimate of drug-likeness (QED) is 0.0607. The molecule has 19 atom stereocenters. The Kier molecular flexibility index (Phi) is 16.6. The van der Waals surface area contributed by atoms with Crippen LogP contribution in [0.3, 0.4) is 0 Å². The highest BCUT2D eigenvalue weighted by molar-refractivity contribution is 7.80. The maximum atomic E-state index is 11.7.